The molecule has 2 aromatic carbocycles. The Bertz CT molecular complexity index is 646. The summed E-state index contributed by atoms with van der Waals surface area (Å²) in [5.74, 6) is -0.315. The summed E-state index contributed by atoms with van der Waals surface area (Å²) in [6, 6.07) is 12.1. The van der Waals surface area contributed by atoms with Gasteiger partial charge in [-0.05, 0) is 35.2 Å². The zero-order valence-corrected chi connectivity index (χ0v) is 12.3. The molecule has 0 saturated heterocycles. The molecule has 2 rings (SSSR count). The van der Waals surface area contributed by atoms with Crippen molar-refractivity contribution in [2.75, 3.05) is 0 Å². The highest BCUT2D eigenvalue weighted by Gasteiger charge is 2.28. The van der Waals surface area contributed by atoms with E-state index in [-0.39, 0.29) is 11.9 Å². The topological polar surface area (TPSA) is 69.1 Å². The number of hydrogen-bond donors (Lipinski definition) is 2. The first kappa shape index (κ1) is 14.5. The lowest BCUT2D eigenvalue weighted by Gasteiger charge is -2.25. The number of benzene rings is 2. The smallest absolute Gasteiger partial charge is 0.223 e. The lowest BCUT2D eigenvalue weighted by atomic mass is 9.82. The summed E-state index contributed by atoms with van der Waals surface area (Å²) in [6.45, 7) is 5.77. The molecule has 106 valence electrons. The van der Waals surface area contributed by atoms with E-state index in [1.165, 1.54) is 10.9 Å². The van der Waals surface area contributed by atoms with Crippen LogP contribution in [0.2, 0.25) is 0 Å². The number of amides is 1. The van der Waals surface area contributed by atoms with E-state index >= 15 is 0 Å². The molecule has 1 atom stereocenters. The average molecular weight is 270 g/mol. The number of primary amides is 1. The normalized spacial score (nSPS) is 13.4. The summed E-state index contributed by atoms with van der Waals surface area (Å²) in [7, 11) is 0. The van der Waals surface area contributed by atoms with Crippen molar-refractivity contribution in [2.45, 2.75) is 33.2 Å². The number of carbonyl (C=O) groups excluding carboxylic acids is 1. The number of nitrogens with two attached hydrogens (primary N) is 2. The Hall–Kier alpha value is -1.87. The molecule has 0 aliphatic rings. The molecule has 0 saturated carbocycles. The summed E-state index contributed by atoms with van der Waals surface area (Å²) < 4.78 is 0. The molecular weight excluding hydrogens is 248 g/mol. The lowest BCUT2D eigenvalue weighted by molar-refractivity contribution is -0.126. The molecule has 0 bridgehead atoms. The van der Waals surface area contributed by atoms with Gasteiger partial charge in [0, 0.05) is 11.5 Å². The van der Waals surface area contributed by atoms with Crippen LogP contribution in [0.15, 0.2) is 36.4 Å². The molecule has 0 aliphatic carbocycles. The SMILES string of the molecule is Cc1ccc(C(N)CC(C)(C)C(N)=O)c2ccccc12. The molecule has 2 aromatic rings. The summed E-state index contributed by atoms with van der Waals surface area (Å²) in [5, 5.41) is 2.36. The maximum absolute atomic E-state index is 11.5. The highest BCUT2D eigenvalue weighted by Crippen LogP contribution is 2.32. The Morgan fingerprint density at radius 3 is 2.35 bits per heavy atom. The minimum absolute atomic E-state index is 0.206. The lowest BCUT2D eigenvalue weighted by Crippen LogP contribution is -2.34. The van der Waals surface area contributed by atoms with E-state index < -0.39 is 5.41 Å². The molecule has 0 radical (unpaired) electrons. The Morgan fingerprint density at radius 2 is 1.75 bits per heavy atom. The van der Waals surface area contributed by atoms with Crippen molar-refractivity contribution in [1.29, 1.82) is 0 Å². The number of carbonyl (C=O) groups is 1. The van der Waals surface area contributed by atoms with E-state index in [2.05, 4.69) is 31.2 Å². The van der Waals surface area contributed by atoms with Crippen molar-refractivity contribution in [3.05, 3.63) is 47.5 Å². The van der Waals surface area contributed by atoms with E-state index in [4.69, 9.17) is 11.5 Å². The van der Waals surface area contributed by atoms with Crippen LogP contribution in [0.5, 0.6) is 0 Å². The number of fused-ring (bicyclic) bond motifs is 1. The maximum Gasteiger partial charge on any atom is 0.223 e. The van der Waals surface area contributed by atoms with Crippen molar-refractivity contribution in [2.24, 2.45) is 16.9 Å². The van der Waals surface area contributed by atoms with Gasteiger partial charge in [0.05, 0.1) is 0 Å². The third-order valence-electron chi connectivity index (χ3n) is 3.97. The van der Waals surface area contributed by atoms with Crippen molar-refractivity contribution in [3.8, 4) is 0 Å². The monoisotopic (exact) mass is 270 g/mol. The fourth-order valence-corrected chi connectivity index (χ4v) is 2.56. The quantitative estimate of drug-likeness (QED) is 0.896. The number of aryl methyl sites for hydroxylation is 1. The summed E-state index contributed by atoms with van der Waals surface area (Å²) in [6.07, 6.45) is 0.537. The first-order chi connectivity index (χ1) is 9.33. The number of rotatable bonds is 4. The van der Waals surface area contributed by atoms with Crippen LogP contribution in [0.4, 0.5) is 0 Å². The van der Waals surface area contributed by atoms with E-state index in [0.29, 0.717) is 6.42 Å². The fourth-order valence-electron chi connectivity index (χ4n) is 2.56. The first-order valence-electron chi connectivity index (χ1n) is 6.86. The van der Waals surface area contributed by atoms with Crippen molar-refractivity contribution in [3.63, 3.8) is 0 Å². The molecule has 0 heterocycles. The first-order valence-corrected chi connectivity index (χ1v) is 6.86. The molecule has 1 unspecified atom stereocenters. The molecule has 0 spiro atoms. The second kappa shape index (κ2) is 5.25. The van der Waals surface area contributed by atoms with Crippen LogP contribution in [0.25, 0.3) is 10.8 Å². The van der Waals surface area contributed by atoms with E-state index in [9.17, 15) is 4.79 Å². The minimum Gasteiger partial charge on any atom is -0.369 e. The van der Waals surface area contributed by atoms with Crippen LogP contribution in [-0.2, 0) is 4.79 Å². The zero-order chi connectivity index (χ0) is 14.9. The van der Waals surface area contributed by atoms with Gasteiger partial charge < -0.3 is 11.5 Å². The molecule has 4 N–H and O–H groups in total. The highest BCUT2D eigenvalue weighted by atomic mass is 16.1. The van der Waals surface area contributed by atoms with Gasteiger partial charge in [0.2, 0.25) is 5.91 Å². The van der Waals surface area contributed by atoms with Crippen LogP contribution >= 0.6 is 0 Å². The minimum atomic E-state index is -0.606. The molecule has 0 fully saturated rings. The fraction of sp³-hybridized carbons (Fsp3) is 0.353. The van der Waals surface area contributed by atoms with Crippen molar-refractivity contribution in [1.82, 2.24) is 0 Å². The largest absolute Gasteiger partial charge is 0.369 e. The molecule has 20 heavy (non-hydrogen) atoms. The zero-order valence-electron chi connectivity index (χ0n) is 12.3. The molecule has 0 aliphatic heterocycles. The van der Waals surface area contributed by atoms with Gasteiger partial charge in [-0.1, -0.05) is 50.2 Å². The van der Waals surface area contributed by atoms with E-state index in [0.717, 1.165) is 10.9 Å². The Kier molecular flexibility index (Phi) is 3.82. The third-order valence-corrected chi connectivity index (χ3v) is 3.97. The van der Waals surface area contributed by atoms with Gasteiger partial charge in [-0.3, -0.25) is 4.79 Å². The number of hydrogen-bond acceptors (Lipinski definition) is 2. The molecular formula is C17H22N2O. The van der Waals surface area contributed by atoms with Crippen LogP contribution in [0, 0.1) is 12.3 Å². The predicted molar refractivity (Wildman–Crippen MR) is 83.2 cm³/mol. The molecule has 1 amide bonds. The average Bonchev–Trinajstić information content (AvgIpc) is 2.38. The summed E-state index contributed by atoms with van der Waals surface area (Å²) in [5.41, 5.74) is 13.5. The summed E-state index contributed by atoms with van der Waals surface area (Å²) in [4.78, 5) is 11.5. The van der Waals surface area contributed by atoms with Gasteiger partial charge in [-0.25, -0.2) is 0 Å². The van der Waals surface area contributed by atoms with Crippen molar-refractivity contribution < 1.29 is 4.79 Å². The summed E-state index contributed by atoms with van der Waals surface area (Å²) >= 11 is 0. The Labute approximate surface area is 120 Å². The van der Waals surface area contributed by atoms with Gasteiger partial charge in [0.25, 0.3) is 0 Å². The van der Waals surface area contributed by atoms with Crippen LogP contribution in [0.1, 0.15) is 37.4 Å². The van der Waals surface area contributed by atoms with Gasteiger partial charge in [0.1, 0.15) is 0 Å². The van der Waals surface area contributed by atoms with Gasteiger partial charge in [-0.15, -0.1) is 0 Å². The Balaban J connectivity index is 2.43. The van der Waals surface area contributed by atoms with Crippen molar-refractivity contribution >= 4 is 16.7 Å². The van der Waals surface area contributed by atoms with E-state index in [1.807, 2.05) is 26.0 Å². The maximum atomic E-state index is 11.5. The molecule has 3 heteroatoms. The predicted octanol–water partition coefficient (Wildman–Crippen LogP) is 3.05. The molecule has 0 aromatic heterocycles. The van der Waals surface area contributed by atoms with Gasteiger partial charge in [-0.2, -0.15) is 0 Å². The third kappa shape index (κ3) is 2.68. The van der Waals surface area contributed by atoms with Crippen LogP contribution < -0.4 is 11.5 Å². The standard InChI is InChI=1S/C17H22N2O/c1-11-8-9-14(13-7-5-4-6-12(11)13)15(18)10-17(2,3)16(19)20/h4-9,15H,10,18H2,1-3H3,(H2,19,20). The molecule has 3 nitrogen and oxygen atoms in total. The van der Waals surface area contributed by atoms with Gasteiger partial charge in [0.15, 0.2) is 0 Å². The van der Waals surface area contributed by atoms with E-state index in [1.54, 1.807) is 0 Å². The highest BCUT2D eigenvalue weighted by molar-refractivity contribution is 5.89. The second-order valence-electron chi connectivity index (χ2n) is 6.08. The second-order valence-corrected chi connectivity index (χ2v) is 6.08. The van der Waals surface area contributed by atoms with Crippen LogP contribution in [0.3, 0.4) is 0 Å². The van der Waals surface area contributed by atoms with Crippen LogP contribution in [-0.4, -0.2) is 5.91 Å². The van der Waals surface area contributed by atoms with Gasteiger partial charge >= 0.3 is 0 Å². The Morgan fingerprint density at radius 1 is 1.15 bits per heavy atom.